The first-order valence-corrected chi connectivity index (χ1v) is 5.98. The quantitative estimate of drug-likeness (QED) is 0.542. The van der Waals surface area contributed by atoms with E-state index in [1.807, 2.05) is 13.8 Å². The van der Waals surface area contributed by atoms with Gasteiger partial charge in [0, 0.05) is 5.92 Å². The molecule has 2 heterocycles. The van der Waals surface area contributed by atoms with Gasteiger partial charge in [0.15, 0.2) is 0 Å². The molecule has 2 fully saturated rings. The van der Waals surface area contributed by atoms with E-state index in [4.69, 9.17) is 8.92 Å². The lowest BCUT2D eigenvalue weighted by molar-refractivity contribution is 0.0415. The zero-order chi connectivity index (χ0) is 9.80. The Morgan fingerprint density at radius 1 is 1.08 bits per heavy atom. The third-order valence-corrected chi connectivity index (χ3v) is 4.70. The summed E-state index contributed by atoms with van der Waals surface area (Å²) in [6.07, 6.45) is -0.593. The second-order valence-corrected chi connectivity index (χ2v) is 5.85. The Bertz CT molecular complexity index is 310. The highest BCUT2D eigenvalue weighted by molar-refractivity contribution is 7.87. The van der Waals surface area contributed by atoms with Gasteiger partial charge < -0.3 is 4.74 Å². The second-order valence-electron chi connectivity index (χ2n) is 3.92. The van der Waals surface area contributed by atoms with Crippen LogP contribution in [-0.2, 0) is 19.0 Å². The first-order chi connectivity index (χ1) is 5.93. The Morgan fingerprint density at radius 2 is 1.69 bits per heavy atom. The van der Waals surface area contributed by atoms with Crippen molar-refractivity contribution >= 4 is 10.1 Å². The molecule has 2 rings (SSSR count). The van der Waals surface area contributed by atoms with E-state index in [0.29, 0.717) is 0 Å². The fourth-order valence-electron chi connectivity index (χ4n) is 2.17. The summed E-state index contributed by atoms with van der Waals surface area (Å²) in [7, 11) is -3.39. The average molecular weight is 206 g/mol. The van der Waals surface area contributed by atoms with E-state index in [1.54, 1.807) is 6.92 Å². The summed E-state index contributed by atoms with van der Waals surface area (Å²) >= 11 is 0. The molecule has 0 aromatic carbocycles. The van der Waals surface area contributed by atoms with Crippen molar-refractivity contribution < 1.29 is 17.3 Å². The van der Waals surface area contributed by atoms with Crippen LogP contribution in [0.4, 0.5) is 0 Å². The van der Waals surface area contributed by atoms with Crippen LogP contribution in [0, 0.1) is 5.92 Å². The Labute approximate surface area is 78.3 Å². The molecule has 5 unspecified atom stereocenters. The smallest absolute Gasteiger partial charge is 0.272 e. The lowest BCUT2D eigenvalue weighted by Crippen LogP contribution is -2.44. The average Bonchev–Trinajstić information content (AvgIpc) is 2.24. The molecular formula is C8H14O4S. The van der Waals surface area contributed by atoms with Crippen molar-refractivity contribution in [2.75, 3.05) is 0 Å². The highest BCUT2D eigenvalue weighted by Crippen LogP contribution is 2.39. The fraction of sp³-hybridized carbons (Fsp3) is 1.00. The predicted molar refractivity (Wildman–Crippen MR) is 46.8 cm³/mol. The molecule has 4 nitrogen and oxygen atoms in total. The third kappa shape index (κ3) is 1.21. The second kappa shape index (κ2) is 2.68. The molecule has 76 valence electrons. The Hall–Kier alpha value is -0.130. The number of hydrogen-bond acceptors (Lipinski definition) is 4. The van der Waals surface area contributed by atoms with Crippen LogP contribution >= 0.6 is 0 Å². The largest absolute Gasteiger partial charge is 0.371 e. The van der Waals surface area contributed by atoms with Gasteiger partial charge in [-0.25, -0.2) is 0 Å². The molecule has 0 N–H and O–H groups in total. The van der Waals surface area contributed by atoms with E-state index in [-0.39, 0.29) is 24.2 Å². The van der Waals surface area contributed by atoms with Gasteiger partial charge in [0.25, 0.3) is 10.1 Å². The number of hydrogen-bond donors (Lipinski definition) is 0. The normalized spacial score (nSPS) is 53.6. The molecule has 0 spiro atoms. The minimum absolute atomic E-state index is 0.111. The number of ether oxygens (including phenoxy) is 1. The van der Waals surface area contributed by atoms with Crippen molar-refractivity contribution in [1.82, 2.24) is 0 Å². The van der Waals surface area contributed by atoms with Crippen LogP contribution < -0.4 is 0 Å². The summed E-state index contributed by atoms with van der Waals surface area (Å²) in [5.74, 6) is 0.175. The van der Waals surface area contributed by atoms with Crippen molar-refractivity contribution in [3.63, 3.8) is 0 Å². The van der Waals surface area contributed by atoms with Crippen molar-refractivity contribution in [2.24, 2.45) is 5.92 Å². The Balaban J connectivity index is 2.37. The van der Waals surface area contributed by atoms with Crippen molar-refractivity contribution in [2.45, 2.75) is 44.3 Å². The molecule has 13 heavy (non-hydrogen) atoms. The van der Waals surface area contributed by atoms with Gasteiger partial charge in [0.05, 0.1) is 12.2 Å². The predicted octanol–water partition coefficient (Wildman–Crippen LogP) is 0.527. The van der Waals surface area contributed by atoms with Crippen LogP contribution in [0.2, 0.25) is 0 Å². The molecule has 2 saturated heterocycles. The fourth-order valence-corrected chi connectivity index (χ4v) is 3.63. The minimum atomic E-state index is -3.39. The molecule has 0 radical (unpaired) electrons. The first kappa shape index (κ1) is 9.43. The van der Waals surface area contributed by atoms with Crippen molar-refractivity contribution in [3.8, 4) is 0 Å². The summed E-state index contributed by atoms with van der Waals surface area (Å²) < 4.78 is 33.5. The van der Waals surface area contributed by atoms with Crippen LogP contribution in [-0.4, -0.2) is 32.0 Å². The van der Waals surface area contributed by atoms with Gasteiger partial charge in [0.2, 0.25) is 0 Å². The maximum absolute atomic E-state index is 11.4. The zero-order valence-corrected chi connectivity index (χ0v) is 8.74. The standard InChI is InChI=1S/C8H14O4S/c1-4-7-5(2)11-8(4)6(3)13(9,10)12-7/h4-8H,1-3H3. The molecule has 2 aliphatic heterocycles. The van der Waals surface area contributed by atoms with Crippen LogP contribution in [0.3, 0.4) is 0 Å². The van der Waals surface area contributed by atoms with Gasteiger partial charge in [-0.2, -0.15) is 8.42 Å². The van der Waals surface area contributed by atoms with Gasteiger partial charge >= 0.3 is 0 Å². The lowest BCUT2D eigenvalue weighted by atomic mass is 9.97. The van der Waals surface area contributed by atoms with Crippen LogP contribution in [0.5, 0.6) is 0 Å². The Kier molecular flexibility index (Phi) is 1.94. The lowest BCUT2D eigenvalue weighted by Gasteiger charge is -2.29. The molecule has 2 aliphatic rings. The van der Waals surface area contributed by atoms with Crippen LogP contribution in [0.25, 0.3) is 0 Å². The summed E-state index contributed by atoms with van der Waals surface area (Å²) in [6, 6.07) is 0. The van der Waals surface area contributed by atoms with E-state index in [1.165, 1.54) is 0 Å². The van der Waals surface area contributed by atoms with Gasteiger partial charge in [-0.3, -0.25) is 4.18 Å². The molecule has 5 atom stereocenters. The van der Waals surface area contributed by atoms with Gasteiger partial charge in [-0.15, -0.1) is 0 Å². The monoisotopic (exact) mass is 206 g/mol. The van der Waals surface area contributed by atoms with Gasteiger partial charge in [0.1, 0.15) is 11.4 Å². The molecular weight excluding hydrogens is 192 g/mol. The molecule has 5 heteroatoms. The molecule has 0 saturated carbocycles. The number of fused-ring (bicyclic) bond motifs is 2. The van der Waals surface area contributed by atoms with Gasteiger partial charge in [-0.05, 0) is 13.8 Å². The molecule has 2 bridgehead atoms. The first-order valence-electron chi connectivity index (χ1n) is 4.51. The summed E-state index contributed by atoms with van der Waals surface area (Å²) in [6.45, 7) is 5.48. The van der Waals surface area contributed by atoms with Gasteiger partial charge in [-0.1, -0.05) is 6.92 Å². The van der Waals surface area contributed by atoms with E-state index < -0.39 is 15.4 Å². The topological polar surface area (TPSA) is 52.6 Å². The zero-order valence-electron chi connectivity index (χ0n) is 7.93. The van der Waals surface area contributed by atoms with E-state index in [2.05, 4.69) is 0 Å². The summed E-state index contributed by atoms with van der Waals surface area (Å²) in [5.41, 5.74) is 0. The van der Waals surface area contributed by atoms with Crippen LogP contribution in [0.15, 0.2) is 0 Å². The highest BCUT2D eigenvalue weighted by atomic mass is 32.2. The summed E-state index contributed by atoms with van der Waals surface area (Å²) in [5, 5.41) is -0.538. The van der Waals surface area contributed by atoms with E-state index in [0.717, 1.165) is 0 Å². The summed E-state index contributed by atoms with van der Waals surface area (Å²) in [4.78, 5) is 0. The number of rotatable bonds is 0. The highest BCUT2D eigenvalue weighted by Gasteiger charge is 2.53. The SMILES string of the molecule is CC1OC2C(C)C1OS(=O)(=O)C2C. The molecule has 0 aromatic heterocycles. The molecule has 0 amide bonds. The Morgan fingerprint density at radius 3 is 2.31 bits per heavy atom. The maximum Gasteiger partial charge on any atom is 0.272 e. The molecule has 0 aromatic rings. The van der Waals surface area contributed by atoms with E-state index in [9.17, 15) is 8.42 Å². The van der Waals surface area contributed by atoms with Crippen molar-refractivity contribution in [3.05, 3.63) is 0 Å². The van der Waals surface area contributed by atoms with Crippen molar-refractivity contribution in [1.29, 1.82) is 0 Å². The maximum atomic E-state index is 11.4. The minimum Gasteiger partial charge on any atom is -0.371 e. The van der Waals surface area contributed by atoms with E-state index >= 15 is 0 Å². The van der Waals surface area contributed by atoms with Crippen LogP contribution in [0.1, 0.15) is 20.8 Å². The third-order valence-electron chi connectivity index (χ3n) is 3.03. The molecule has 0 aliphatic carbocycles.